The first-order valence-electron chi connectivity index (χ1n) is 10.3. The van der Waals surface area contributed by atoms with E-state index < -0.39 is 0 Å². The van der Waals surface area contributed by atoms with E-state index in [1.807, 2.05) is 0 Å². The molecule has 0 aliphatic carbocycles. The summed E-state index contributed by atoms with van der Waals surface area (Å²) in [5.74, 6) is 0.449. The molecule has 0 radical (unpaired) electrons. The van der Waals surface area contributed by atoms with Gasteiger partial charge in [-0.15, -0.1) is 11.3 Å². The van der Waals surface area contributed by atoms with Gasteiger partial charge >= 0.3 is 0 Å². The zero-order valence-electron chi connectivity index (χ0n) is 17.0. The van der Waals surface area contributed by atoms with E-state index in [2.05, 4.69) is 10.3 Å². The summed E-state index contributed by atoms with van der Waals surface area (Å²) in [7, 11) is 0. The molecule has 0 unspecified atom stereocenters. The number of rotatable bonds is 4. The van der Waals surface area contributed by atoms with Crippen molar-refractivity contribution in [1.29, 1.82) is 0 Å². The van der Waals surface area contributed by atoms with Crippen LogP contribution in [0, 0.1) is 11.7 Å². The summed E-state index contributed by atoms with van der Waals surface area (Å²) in [6.45, 7) is 1.11. The van der Waals surface area contributed by atoms with Crippen LogP contribution in [0.2, 0.25) is 0 Å². The number of anilines is 1. The number of ether oxygens (including phenoxy) is 2. The predicted octanol–water partition coefficient (Wildman–Crippen LogP) is 4.17. The van der Waals surface area contributed by atoms with Gasteiger partial charge in [0.25, 0.3) is 5.91 Å². The standard InChI is InChI=1S/C23H20FN3O4S/c24-17-4-2-1-3-16(17)22-26-18(12-32-22)23(29)27-9-7-14(8-10-27)21(28)25-15-5-6-19-20(11-15)31-13-30-19/h1-6,11-12,14H,7-10,13H2,(H,25,28). The number of carbonyl (C=O) groups is 2. The van der Waals surface area contributed by atoms with Crippen molar-refractivity contribution in [2.24, 2.45) is 5.92 Å². The average Bonchev–Trinajstić information content (AvgIpc) is 3.48. The highest BCUT2D eigenvalue weighted by molar-refractivity contribution is 7.13. The molecule has 2 amide bonds. The lowest BCUT2D eigenvalue weighted by atomic mass is 9.95. The summed E-state index contributed by atoms with van der Waals surface area (Å²) in [6, 6.07) is 11.7. The number of amides is 2. The van der Waals surface area contributed by atoms with Crippen molar-refractivity contribution in [2.75, 3.05) is 25.2 Å². The Bertz CT molecular complexity index is 1170. The summed E-state index contributed by atoms with van der Waals surface area (Å²) in [6.07, 6.45) is 1.12. The molecule has 3 aromatic rings. The fourth-order valence-corrected chi connectivity index (χ4v) is 4.68. The molecule has 2 aliphatic heterocycles. The number of carbonyl (C=O) groups excluding carboxylic acids is 2. The number of halogens is 1. The maximum Gasteiger partial charge on any atom is 0.273 e. The Balaban J connectivity index is 1.18. The van der Waals surface area contributed by atoms with Crippen LogP contribution in [0.25, 0.3) is 10.6 Å². The number of aromatic nitrogens is 1. The first-order valence-corrected chi connectivity index (χ1v) is 11.2. The number of hydrogen-bond acceptors (Lipinski definition) is 6. The maximum atomic E-state index is 14.0. The Morgan fingerprint density at radius 2 is 1.88 bits per heavy atom. The van der Waals surface area contributed by atoms with Gasteiger partial charge in [0.1, 0.15) is 16.5 Å². The van der Waals surface area contributed by atoms with Crippen LogP contribution < -0.4 is 14.8 Å². The fourth-order valence-electron chi connectivity index (χ4n) is 3.86. The van der Waals surface area contributed by atoms with E-state index in [9.17, 15) is 14.0 Å². The van der Waals surface area contributed by atoms with Crippen molar-refractivity contribution >= 4 is 28.8 Å². The zero-order valence-corrected chi connectivity index (χ0v) is 17.9. The highest BCUT2D eigenvalue weighted by Crippen LogP contribution is 2.34. The van der Waals surface area contributed by atoms with Gasteiger partial charge in [-0.3, -0.25) is 9.59 Å². The van der Waals surface area contributed by atoms with Crippen LogP contribution >= 0.6 is 11.3 Å². The van der Waals surface area contributed by atoms with Crippen LogP contribution in [-0.4, -0.2) is 41.6 Å². The van der Waals surface area contributed by atoms with Crippen molar-refractivity contribution in [1.82, 2.24) is 9.88 Å². The van der Waals surface area contributed by atoms with Crippen molar-refractivity contribution in [3.8, 4) is 22.1 Å². The van der Waals surface area contributed by atoms with Crippen LogP contribution in [0.4, 0.5) is 10.1 Å². The molecular formula is C23H20FN3O4S. The van der Waals surface area contributed by atoms with Crippen molar-refractivity contribution in [3.05, 3.63) is 59.4 Å². The normalized spacial score (nSPS) is 15.6. The molecule has 0 bridgehead atoms. The number of piperidine rings is 1. The van der Waals surface area contributed by atoms with Gasteiger partial charge < -0.3 is 19.7 Å². The molecule has 2 aliphatic rings. The minimum absolute atomic E-state index is 0.0774. The van der Waals surface area contributed by atoms with E-state index >= 15 is 0 Å². The molecule has 164 valence electrons. The van der Waals surface area contributed by atoms with Crippen LogP contribution in [0.15, 0.2) is 47.8 Å². The minimum Gasteiger partial charge on any atom is -0.454 e. The molecule has 1 fully saturated rings. The molecule has 5 rings (SSSR count). The number of thiazole rings is 1. The van der Waals surface area contributed by atoms with E-state index in [1.54, 1.807) is 46.7 Å². The first-order chi connectivity index (χ1) is 15.6. The van der Waals surface area contributed by atoms with Crippen molar-refractivity contribution in [3.63, 3.8) is 0 Å². The second kappa shape index (κ2) is 8.58. The van der Waals surface area contributed by atoms with Gasteiger partial charge in [-0.05, 0) is 37.1 Å². The summed E-state index contributed by atoms with van der Waals surface area (Å²) < 4.78 is 24.6. The monoisotopic (exact) mass is 453 g/mol. The molecule has 1 aromatic heterocycles. The van der Waals surface area contributed by atoms with Gasteiger partial charge in [0.2, 0.25) is 12.7 Å². The van der Waals surface area contributed by atoms with Crippen LogP contribution in [0.5, 0.6) is 11.5 Å². The molecule has 1 N–H and O–H groups in total. The lowest BCUT2D eigenvalue weighted by Crippen LogP contribution is -2.41. The number of nitrogens with zero attached hydrogens (tertiary/aromatic N) is 2. The molecule has 7 nitrogen and oxygen atoms in total. The van der Waals surface area contributed by atoms with E-state index in [4.69, 9.17) is 9.47 Å². The van der Waals surface area contributed by atoms with Crippen molar-refractivity contribution < 1.29 is 23.5 Å². The number of benzene rings is 2. The Labute approximate surface area is 187 Å². The maximum absolute atomic E-state index is 14.0. The van der Waals surface area contributed by atoms with Gasteiger partial charge in [-0.25, -0.2) is 9.37 Å². The Kier molecular flexibility index (Phi) is 5.48. The highest BCUT2D eigenvalue weighted by Gasteiger charge is 2.29. The fraction of sp³-hybridized carbons (Fsp3) is 0.261. The summed E-state index contributed by atoms with van der Waals surface area (Å²) in [5, 5.41) is 5.05. The number of likely N-dealkylation sites (tertiary alicyclic amines) is 1. The molecule has 9 heteroatoms. The van der Waals surface area contributed by atoms with Gasteiger partial charge in [0, 0.05) is 41.7 Å². The summed E-state index contributed by atoms with van der Waals surface area (Å²) >= 11 is 1.24. The lowest BCUT2D eigenvalue weighted by molar-refractivity contribution is -0.121. The predicted molar refractivity (Wildman–Crippen MR) is 117 cm³/mol. The van der Waals surface area contributed by atoms with Gasteiger partial charge in [-0.1, -0.05) is 12.1 Å². The second-order valence-electron chi connectivity index (χ2n) is 7.64. The van der Waals surface area contributed by atoms with Crippen LogP contribution in [-0.2, 0) is 4.79 Å². The Hall–Kier alpha value is -3.46. The highest BCUT2D eigenvalue weighted by atomic mass is 32.1. The molecule has 32 heavy (non-hydrogen) atoms. The largest absolute Gasteiger partial charge is 0.454 e. The number of nitrogens with one attached hydrogen (secondary N) is 1. The van der Waals surface area contributed by atoms with Crippen LogP contribution in [0.3, 0.4) is 0 Å². The van der Waals surface area contributed by atoms with Gasteiger partial charge in [-0.2, -0.15) is 0 Å². The van der Waals surface area contributed by atoms with E-state index in [1.165, 1.54) is 17.4 Å². The Morgan fingerprint density at radius 3 is 2.69 bits per heavy atom. The molecule has 3 heterocycles. The third-order valence-corrected chi connectivity index (χ3v) is 6.50. The topological polar surface area (TPSA) is 80.8 Å². The number of fused-ring (bicyclic) bond motifs is 1. The van der Waals surface area contributed by atoms with Crippen molar-refractivity contribution in [2.45, 2.75) is 12.8 Å². The van der Waals surface area contributed by atoms with Gasteiger partial charge in [0.15, 0.2) is 11.5 Å². The molecular weight excluding hydrogens is 433 g/mol. The molecule has 0 saturated carbocycles. The zero-order chi connectivity index (χ0) is 22.1. The van der Waals surface area contributed by atoms with E-state index in [0.29, 0.717) is 59.4 Å². The Morgan fingerprint density at radius 1 is 1.09 bits per heavy atom. The third kappa shape index (κ3) is 4.03. The average molecular weight is 453 g/mol. The van der Waals surface area contributed by atoms with E-state index in [0.717, 1.165) is 0 Å². The third-order valence-electron chi connectivity index (χ3n) is 5.62. The minimum atomic E-state index is -0.366. The summed E-state index contributed by atoms with van der Waals surface area (Å²) in [4.78, 5) is 31.6. The smallest absolute Gasteiger partial charge is 0.273 e. The van der Waals surface area contributed by atoms with E-state index in [-0.39, 0.29) is 30.3 Å². The molecule has 0 spiro atoms. The molecule has 2 aromatic carbocycles. The van der Waals surface area contributed by atoms with Gasteiger partial charge in [0.05, 0.1) is 0 Å². The first kappa shape index (κ1) is 20.4. The SMILES string of the molecule is O=C(Nc1ccc2c(c1)OCO2)C1CCN(C(=O)c2csc(-c3ccccc3F)n2)CC1. The number of hydrogen-bond donors (Lipinski definition) is 1. The van der Waals surface area contributed by atoms with Crippen LogP contribution in [0.1, 0.15) is 23.3 Å². The lowest BCUT2D eigenvalue weighted by Gasteiger charge is -2.30. The summed E-state index contributed by atoms with van der Waals surface area (Å²) in [5.41, 5.74) is 1.34. The second-order valence-corrected chi connectivity index (χ2v) is 8.50. The quantitative estimate of drug-likeness (QED) is 0.641. The molecule has 1 saturated heterocycles. The molecule has 0 atom stereocenters.